The van der Waals surface area contributed by atoms with Crippen LogP contribution < -0.4 is 5.32 Å². The molecule has 1 aromatic rings. The maximum absolute atomic E-state index is 4.61. The summed E-state index contributed by atoms with van der Waals surface area (Å²) in [7, 11) is 0. The van der Waals surface area contributed by atoms with Crippen LogP contribution in [0.1, 0.15) is 43.3 Å². The molecule has 1 N–H and O–H groups in total. The van der Waals surface area contributed by atoms with Gasteiger partial charge in [0.2, 0.25) is 0 Å². The molecule has 15 heavy (non-hydrogen) atoms. The van der Waals surface area contributed by atoms with E-state index in [1.54, 1.807) is 0 Å². The van der Waals surface area contributed by atoms with Crippen molar-refractivity contribution < 1.29 is 0 Å². The van der Waals surface area contributed by atoms with Crippen LogP contribution in [0.3, 0.4) is 0 Å². The first kappa shape index (κ1) is 10.4. The molecule has 0 saturated heterocycles. The summed E-state index contributed by atoms with van der Waals surface area (Å²) in [5.41, 5.74) is 2.28. The van der Waals surface area contributed by atoms with Crippen LogP contribution in [-0.4, -0.2) is 16.5 Å². The Balaban J connectivity index is 2.33. The summed E-state index contributed by atoms with van der Waals surface area (Å²) in [6.07, 6.45) is 1.24. The van der Waals surface area contributed by atoms with Crippen molar-refractivity contribution in [2.45, 2.75) is 40.0 Å². The average Bonchev–Trinajstić information content (AvgIpc) is 2.91. The second kappa shape index (κ2) is 3.80. The van der Waals surface area contributed by atoms with Gasteiger partial charge in [-0.2, -0.15) is 0 Å². The molecule has 0 aliphatic heterocycles. The highest BCUT2D eigenvalue weighted by atomic mass is 15.0. The SMILES string of the molecule is CCNc1nc(C2CC2C)nc(C)c1C. The first-order valence-corrected chi connectivity index (χ1v) is 5.72. The molecule has 1 aliphatic rings. The van der Waals surface area contributed by atoms with E-state index in [0.717, 1.165) is 29.8 Å². The molecule has 82 valence electrons. The maximum Gasteiger partial charge on any atom is 0.134 e. The molecular weight excluding hydrogens is 186 g/mol. The zero-order valence-corrected chi connectivity index (χ0v) is 9.96. The highest BCUT2D eigenvalue weighted by Crippen LogP contribution is 2.45. The Labute approximate surface area is 91.3 Å². The Hall–Kier alpha value is -1.12. The van der Waals surface area contributed by atoms with Gasteiger partial charge in [-0.25, -0.2) is 9.97 Å². The van der Waals surface area contributed by atoms with Crippen LogP contribution >= 0.6 is 0 Å². The summed E-state index contributed by atoms with van der Waals surface area (Å²) in [5.74, 6) is 3.41. The molecule has 0 bridgehead atoms. The van der Waals surface area contributed by atoms with Crippen molar-refractivity contribution >= 4 is 5.82 Å². The van der Waals surface area contributed by atoms with Gasteiger partial charge in [0.15, 0.2) is 0 Å². The van der Waals surface area contributed by atoms with Crippen molar-refractivity contribution in [2.75, 3.05) is 11.9 Å². The maximum atomic E-state index is 4.61. The lowest BCUT2D eigenvalue weighted by molar-refractivity contribution is 0.827. The summed E-state index contributed by atoms with van der Waals surface area (Å²) < 4.78 is 0. The van der Waals surface area contributed by atoms with E-state index >= 15 is 0 Å². The Morgan fingerprint density at radius 3 is 2.53 bits per heavy atom. The fourth-order valence-corrected chi connectivity index (χ4v) is 1.84. The molecule has 2 rings (SSSR count). The zero-order chi connectivity index (χ0) is 11.0. The molecule has 3 nitrogen and oxygen atoms in total. The molecular formula is C12H19N3. The summed E-state index contributed by atoms with van der Waals surface area (Å²) in [6, 6.07) is 0. The molecule has 0 radical (unpaired) electrons. The third-order valence-corrected chi connectivity index (χ3v) is 3.19. The van der Waals surface area contributed by atoms with E-state index < -0.39 is 0 Å². The quantitative estimate of drug-likeness (QED) is 0.824. The van der Waals surface area contributed by atoms with Gasteiger partial charge in [-0.15, -0.1) is 0 Å². The number of nitrogens with one attached hydrogen (secondary N) is 1. The van der Waals surface area contributed by atoms with Crippen molar-refractivity contribution in [1.82, 2.24) is 9.97 Å². The molecule has 2 atom stereocenters. The number of aromatic nitrogens is 2. The van der Waals surface area contributed by atoms with Crippen LogP contribution in [0.5, 0.6) is 0 Å². The molecule has 0 amide bonds. The molecule has 1 fully saturated rings. The second-order valence-electron chi connectivity index (χ2n) is 4.49. The molecule has 0 spiro atoms. The molecule has 1 aliphatic carbocycles. The standard InChI is InChI=1S/C12H19N3/c1-5-13-11-8(3)9(4)14-12(15-11)10-6-7(10)2/h7,10H,5-6H2,1-4H3,(H,13,14,15). The lowest BCUT2D eigenvalue weighted by Crippen LogP contribution is -2.07. The number of hydrogen-bond acceptors (Lipinski definition) is 3. The number of rotatable bonds is 3. The fourth-order valence-electron chi connectivity index (χ4n) is 1.84. The number of nitrogens with zero attached hydrogens (tertiary/aromatic N) is 2. The Kier molecular flexibility index (Phi) is 2.63. The van der Waals surface area contributed by atoms with E-state index in [9.17, 15) is 0 Å². The van der Waals surface area contributed by atoms with Crippen LogP contribution in [0.2, 0.25) is 0 Å². The molecule has 3 heteroatoms. The summed E-state index contributed by atoms with van der Waals surface area (Å²) in [5, 5.41) is 3.30. The predicted molar refractivity (Wildman–Crippen MR) is 62.2 cm³/mol. The van der Waals surface area contributed by atoms with Gasteiger partial charge in [-0.1, -0.05) is 6.92 Å². The minimum absolute atomic E-state index is 0.599. The van der Waals surface area contributed by atoms with Gasteiger partial charge in [0.25, 0.3) is 0 Å². The van der Waals surface area contributed by atoms with E-state index in [2.05, 4.69) is 43.0 Å². The highest BCUT2D eigenvalue weighted by molar-refractivity contribution is 5.46. The Morgan fingerprint density at radius 2 is 2.00 bits per heavy atom. The van der Waals surface area contributed by atoms with E-state index in [0.29, 0.717) is 5.92 Å². The fraction of sp³-hybridized carbons (Fsp3) is 0.667. The Morgan fingerprint density at radius 1 is 1.33 bits per heavy atom. The Bertz CT molecular complexity index is 373. The number of aryl methyl sites for hydroxylation is 1. The molecule has 2 unspecified atom stereocenters. The van der Waals surface area contributed by atoms with E-state index in [4.69, 9.17) is 0 Å². The van der Waals surface area contributed by atoms with Crippen LogP contribution in [0.4, 0.5) is 5.82 Å². The average molecular weight is 205 g/mol. The zero-order valence-electron chi connectivity index (χ0n) is 9.96. The van der Waals surface area contributed by atoms with Crippen molar-refractivity contribution in [3.8, 4) is 0 Å². The molecule has 1 heterocycles. The van der Waals surface area contributed by atoms with Gasteiger partial charge < -0.3 is 5.32 Å². The lowest BCUT2D eigenvalue weighted by Gasteiger charge is -2.10. The van der Waals surface area contributed by atoms with Crippen LogP contribution in [0, 0.1) is 19.8 Å². The first-order valence-electron chi connectivity index (χ1n) is 5.72. The monoisotopic (exact) mass is 205 g/mol. The number of hydrogen-bond donors (Lipinski definition) is 1. The van der Waals surface area contributed by atoms with Crippen LogP contribution in [-0.2, 0) is 0 Å². The molecule has 1 aromatic heterocycles. The van der Waals surface area contributed by atoms with E-state index in [1.807, 2.05) is 0 Å². The van der Waals surface area contributed by atoms with Crippen molar-refractivity contribution in [3.05, 3.63) is 17.1 Å². The van der Waals surface area contributed by atoms with Gasteiger partial charge in [-0.05, 0) is 33.1 Å². The van der Waals surface area contributed by atoms with Crippen molar-refractivity contribution in [3.63, 3.8) is 0 Å². The predicted octanol–water partition coefficient (Wildman–Crippen LogP) is 2.65. The first-order chi connectivity index (χ1) is 7.13. The van der Waals surface area contributed by atoms with Crippen molar-refractivity contribution in [2.24, 2.45) is 5.92 Å². The van der Waals surface area contributed by atoms with Crippen LogP contribution in [0.15, 0.2) is 0 Å². The van der Waals surface area contributed by atoms with Crippen molar-refractivity contribution in [1.29, 1.82) is 0 Å². The third kappa shape index (κ3) is 1.96. The minimum Gasteiger partial charge on any atom is -0.370 e. The third-order valence-electron chi connectivity index (χ3n) is 3.19. The molecule has 0 aromatic carbocycles. The van der Waals surface area contributed by atoms with Gasteiger partial charge in [0.1, 0.15) is 11.6 Å². The van der Waals surface area contributed by atoms with Gasteiger partial charge in [0, 0.05) is 23.7 Å². The molecule has 1 saturated carbocycles. The van der Waals surface area contributed by atoms with E-state index in [1.165, 1.54) is 12.0 Å². The summed E-state index contributed by atoms with van der Waals surface area (Å²) in [6.45, 7) is 9.41. The summed E-state index contributed by atoms with van der Waals surface area (Å²) >= 11 is 0. The lowest BCUT2D eigenvalue weighted by atomic mass is 10.2. The highest BCUT2D eigenvalue weighted by Gasteiger charge is 2.37. The normalized spacial score (nSPS) is 24.0. The van der Waals surface area contributed by atoms with E-state index in [-0.39, 0.29) is 0 Å². The van der Waals surface area contributed by atoms with Crippen LogP contribution in [0.25, 0.3) is 0 Å². The van der Waals surface area contributed by atoms with Gasteiger partial charge in [0.05, 0.1) is 0 Å². The minimum atomic E-state index is 0.599. The van der Waals surface area contributed by atoms with Gasteiger partial charge in [-0.3, -0.25) is 0 Å². The largest absolute Gasteiger partial charge is 0.370 e. The summed E-state index contributed by atoms with van der Waals surface area (Å²) in [4.78, 5) is 9.19. The topological polar surface area (TPSA) is 37.8 Å². The van der Waals surface area contributed by atoms with Gasteiger partial charge >= 0.3 is 0 Å². The second-order valence-corrected chi connectivity index (χ2v) is 4.49. The number of anilines is 1. The smallest absolute Gasteiger partial charge is 0.134 e.